The molecular weight excluding hydrogens is 256 g/mol. The highest BCUT2D eigenvalue weighted by Crippen LogP contribution is 2.51. The average Bonchev–Trinajstić information content (AvgIpc) is 2.49. The van der Waals surface area contributed by atoms with Gasteiger partial charge in [0.2, 0.25) is 0 Å². The van der Waals surface area contributed by atoms with Crippen LogP contribution in [0.1, 0.15) is 12.8 Å². The van der Waals surface area contributed by atoms with Gasteiger partial charge in [0.05, 0.1) is 26.4 Å². The van der Waals surface area contributed by atoms with Gasteiger partial charge in [-0.05, 0) is 12.8 Å². The van der Waals surface area contributed by atoms with Gasteiger partial charge in [-0.3, -0.25) is 0 Å². The van der Waals surface area contributed by atoms with Crippen molar-refractivity contribution in [3.8, 4) is 0 Å². The lowest BCUT2D eigenvalue weighted by molar-refractivity contribution is -0.0146. The molecule has 4 nitrogen and oxygen atoms in total. The van der Waals surface area contributed by atoms with Gasteiger partial charge in [0.25, 0.3) is 0 Å². The number of aliphatic hydroxyl groups is 4. The molecule has 0 aromatic heterocycles. The molecule has 0 aromatic carbocycles. The van der Waals surface area contributed by atoms with Gasteiger partial charge >= 0.3 is 0 Å². The minimum Gasteiger partial charge on any atom is -0.395 e. The van der Waals surface area contributed by atoms with E-state index in [9.17, 15) is 20.4 Å². The fourth-order valence-electron chi connectivity index (χ4n) is 2.94. The molecule has 0 radical (unpaired) electrons. The highest BCUT2D eigenvalue weighted by Gasteiger charge is 2.48. The number of aliphatic hydroxyl groups excluding tert-OH is 4. The fourth-order valence-corrected chi connectivity index (χ4v) is 2.94. The molecule has 112 valence electrons. The number of allylic oxidation sites excluding steroid dienone is 4. The monoisotopic (exact) mass is 280 g/mol. The number of hydrogen-bond acceptors (Lipinski definition) is 4. The molecular formula is C16H24O4. The van der Waals surface area contributed by atoms with E-state index in [1.165, 1.54) is 0 Å². The first-order valence-electron chi connectivity index (χ1n) is 6.65. The predicted octanol–water partition coefficient (Wildman–Crippen LogP) is 0.947. The Kier molecular flexibility index (Phi) is 5.89. The fraction of sp³-hybridized carbons (Fsp3) is 0.500. The van der Waals surface area contributed by atoms with Crippen LogP contribution in [-0.4, -0.2) is 46.9 Å². The second-order valence-electron chi connectivity index (χ2n) is 5.40. The second-order valence-corrected chi connectivity index (χ2v) is 5.40. The Bertz CT molecular complexity index is 374. The minimum absolute atomic E-state index is 0.244. The van der Waals surface area contributed by atoms with Gasteiger partial charge in [-0.2, -0.15) is 0 Å². The maximum atomic E-state index is 9.74. The van der Waals surface area contributed by atoms with Crippen molar-refractivity contribution in [2.24, 2.45) is 10.8 Å². The van der Waals surface area contributed by atoms with Crippen LogP contribution in [0.15, 0.2) is 48.6 Å². The molecule has 0 aliphatic heterocycles. The first kappa shape index (κ1) is 16.9. The summed E-state index contributed by atoms with van der Waals surface area (Å²) in [4.78, 5) is 0. The quantitative estimate of drug-likeness (QED) is 0.584. The van der Waals surface area contributed by atoms with Gasteiger partial charge in [-0.25, -0.2) is 0 Å². The summed E-state index contributed by atoms with van der Waals surface area (Å²) < 4.78 is 0. The van der Waals surface area contributed by atoms with Crippen molar-refractivity contribution >= 4 is 0 Å². The second kappa shape index (κ2) is 6.99. The van der Waals surface area contributed by atoms with Gasteiger partial charge in [-0.15, -0.1) is 0 Å². The van der Waals surface area contributed by atoms with Crippen molar-refractivity contribution in [3.63, 3.8) is 0 Å². The number of rotatable bonds is 6. The van der Waals surface area contributed by atoms with Crippen molar-refractivity contribution in [1.29, 1.82) is 0 Å². The maximum absolute atomic E-state index is 9.74. The van der Waals surface area contributed by atoms with Crippen LogP contribution < -0.4 is 0 Å². The Morgan fingerprint density at radius 3 is 1.40 bits per heavy atom. The Balaban J connectivity index is 3.38. The van der Waals surface area contributed by atoms with E-state index in [1.807, 2.05) is 0 Å². The molecule has 20 heavy (non-hydrogen) atoms. The van der Waals surface area contributed by atoms with Crippen molar-refractivity contribution < 1.29 is 20.4 Å². The molecule has 0 amide bonds. The molecule has 0 saturated heterocycles. The molecule has 4 N–H and O–H groups in total. The van der Waals surface area contributed by atoms with E-state index in [1.54, 1.807) is 24.3 Å². The van der Waals surface area contributed by atoms with Gasteiger partial charge in [0.15, 0.2) is 0 Å². The summed E-state index contributed by atoms with van der Waals surface area (Å²) in [6.45, 7) is 6.34. The highest BCUT2D eigenvalue weighted by atomic mass is 16.3. The third-order valence-electron chi connectivity index (χ3n) is 4.27. The molecule has 4 heteroatoms. The van der Waals surface area contributed by atoms with E-state index in [4.69, 9.17) is 0 Å². The molecule has 1 rings (SSSR count). The van der Waals surface area contributed by atoms with Crippen molar-refractivity contribution in [1.82, 2.24) is 0 Å². The van der Waals surface area contributed by atoms with Gasteiger partial charge < -0.3 is 20.4 Å². The molecule has 1 aliphatic rings. The van der Waals surface area contributed by atoms with Crippen molar-refractivity contribution in [2.75, 3.05) is 26.4 Å². The lowest BCUT2D eigenvalue weighted by Gasteiger charge is -2.48. The van der Waals surface area contributed by atoms with Crippen LogP contribution in [0.5, 0.6) is 0 Å². The molecule has 0 unspecified atom stereocenters. The minimum atomic E-state index is -0.849. The van der Waals surface area contributed by atoms with Crippen LogP contribution in [0, 0.1) is 10.8 Å². The zero-order chi connectivity index (χ0) is 15.2. The molecule has 0 atom stereocenters. The maximum Gasteiger partial charge on any atom is 0.0547 e. The van der Waals surface area contributed by atoms with Crippen LogP contribution in [0.2, 0.25) is 0 Å². The van der Waals surface area contributed by atoms with E-state index < -0.39 is 10.8 Å². The Hall–Kier alpha value is -1.20. The molecule has 1 aliphatic carbocycles. The summed E-state index contributed by atoms with van der Waals surface area (Å²) >= 11 is 0. The summed E-state index contributed by atoms with van der Waals surface area (Å²) in [5, 5.41) is 39.0. The summed E-state index contributed by atoms with van der Waals surface area (Å²) in [5.74, 6) is 0. The SMILES string of the molecule is C=CC=C1CC(=CC=C)C(CO)(CO)CC1(CO)CO. The van der Waals surface area contributed by atoms with Crippen molar-refractivity contribution in [2.45, 2.75) is 12.8 Å². The zero-order valence-electron chi connectivity index (χ0n) is 11.8. The normalized spacial score (nSPS) is 24.8. The molecule has 0 spiro atoms. The molecule has 1 fully saturated rings. The van der Waals surface area contributed by atoms with Crippen LogP contribution >= 0.6 is 0 Å². The topological polar surface area (TPSA) is 80.9 Å². The largest absolute Gasteiger partial charge is 0.395 e. The lowest BCUT2D eigenvalue weighted by Crippen LogP contribution is -2.47. The summed E-state index contributed by atoms with van der Waals surface area (Å²) in [5.41, 5.74) is 0.00214. The standard InChI is InChI=1S/C16H24O4/c1-3-5-13-7-14(6-4-2)16(11-19,12-20)8-15(13,9-17)10-18/h3-6,17-20H,1-2,7-12H2. The van der Waals surface area contributed by atoms with E-state index >= 15 is 0 Å². The highest BCUT2D eigenvalue weighted by molar-refractivity contribution is 5.36. The van der Waals surface area contributed by atoms with E-state index in [2.05, 4.69) is 13.2 Å². The smallest absolute Gasteiger partial charge is 0.0547 e. The zero-order valence-corrected chi connectivity index (χ0v) is 11.8. The molecule has 0 heterocycles. The first-order chi connectivity index (χ1) is 9.57. The Morgan fingerprint density at radius 2 is 1.15 bits per heavy atom. The Morgan fingerprint density at radius 1 is 0.800 bits per heavy atom. The third-order valence-corrected chi connectivity index (χ3v) is 4.27. The summed E-state index contributed by atoms with van der Waals surface area (Å²) in [6.07, 6.45) is 7.53. The van der Waals surface area contributed by atoms with E-state index in [0.717, 1.165) is 11.1 Å². The van der Waals surface area contributed by atoms with Crippen LogP contribution in [0.3, 0.4) is 0 Å². The Labute approximate surface area is 120 Å². The van der Waals surface area contributed by atoms with Crippen LogP contribution in [0.25, 0.3) is 0 Å². The van der Waals surface area contributed by atoms with Gasteiger partial charge in [-0.1, -0.05) is 48.6 Å². The van der Waals surface area contributed by atoms with Crippen LogP contribution in [-0.2, 0) is 0 Å². The van der Waals surface area contributed by atoms with Gasteiger partial charge in [0.1, 0.15) is 0 Å². The molecule has 1 saturated carbocycles. The first-order valence-corrected chi connectivity index (χ1v) is 6.65. The van der Waals surface area contributed by atoms with E-state index in [0.29, 0.717) is 6.42 Å². The van der Waals surface area contributed by atoms with Gasteiger partial charge in [0, 0.05) is 10.8 Å². The third kappa shape index (κ3) is 2.79. The lowest BCUT2D eigenvalue weighted by atomic mass is 9.58. The van der Waals surface area contributed by atoms with Crippen molar-refractivity contribution in [3.05, 3.63) is 48.6 Å². The predicted molar refractivity (Wildman–Crippen MR) is 79.0 cm³/mol. The average molecular weight is 280 g/mol. The summed E-state index contributed by atoms with van der Waals surface area (Å²) in [7, 11) is 0. The molecule has 0 aromatic rings. The summed E-state index contributed by atoms with van der Waals surface area (Å²) in [6, 6.07) is 0. The number of hydrogen-bond donors (Lipinski definition) is 4. The molecule has 0 bridgehead atoms. The van der Waals surface area contributed by atoms with Crippen LogP contribution in [0.4, 0.5) is 0 Å². The van der Waals surface area contributed by atoms with E-state index in [-0.39, 0.29) is 32.8 Å².